The van der Waals surface area contributed by atoms with Crippen LogP contribution in [0.5, 0.6) is 11.5 Å². The van der Waals surface area contributed by atoms with E-state index in [0.717, 1.165) is 5.56 Å². The maximum Gasteiger partial charge on any atom is 0.358 e. The van der Waals surface area contributed by atoms with Crippen LogP contribution in [-0.2, 0) is 6.61 Å². The van der Waals surface area contributed by atoms with Crippen molar-refractivity contribution in [2.75, 3.05) is 0 Å². The summed E-state index contributed by atoms with van der Waals surface area (Å²) in [4.78, 5) is 14.9. The second-order valence-corrected chi connectivity index (χ2v) is 5.22. The molecule has 6 heteroatoms. The zero-order valence-electron chi connectivity index (χ0n) is 11.9. The zero-order chi connectivity index (χ0) is 16.4. The van der Waals surface area contributed by atoms with Gasteiger partial charge < -0.3 is 14.9 Å². The van der Waals surface area contributed by atoms with Gasteiger partial charge in [-0.2, -0.15) is 0 Å². The zero-order valence-corrected chi connectivity index (χ0v) is 12.6. The number of aromatic carboxylic acids is 1. The second kappa shape index (κ2) is 6.14. The predicted molar refractivity (Wildman–Crippen MR) is 86.2 cm³/mol. The van der Waals surface area contributed by atoms with Crippen LogP contribution in [0.4, 0.5) is 0 Å². The van der Waals surface area contributed by atoms with Crippen LogP contribution >= 0.6 is 11.6 Å². The van der Waals surface area contributed by atoms with Crippen LogP contribution in [0.2, 0.25) is 5.15 Å². The molecule has 3 aromatic rings. The van der Waals surface area contributed by atoms with E-state index >= 15 is 0 Å². The molecular formula is C17H12ClNO4. The van der Waals surface area contributed by atoms with E-state index in [-0.39, 0.29) is 17.1 Å². The molecule has 116 valence electrons. The van der Waals surface area contributed by atoms with E-state index in [1.54, 1.807) is 18.2 Å². The molecule has 5 nitrogen and oxygen atoms in total. The number of nitrogens with zero attached hydrogens (tertiary/aromatic N) is 1. The first-order valence-corrected chi connectivity index (χ1v) is 7.17. The maximum atomic E-state index is 11.2. The third kappa shape index (κ3) is 2.91. The molecule has 0 spiro atoms. The van der Waals surface area contributed by atoms with E-state index in [9.17, 15) is 9.90 Å². The van der Waals surface area contributed by atoms with Crippen molar-refractivity contribution < 1.29 is 19.7 Å². The number of aromatic hydroxyl groups is 1. The van der Waals surface area contributed by atoms with Crippen molar-refractivity contribution in [3.8, 4) is 11.5 Å². The van der Waals surface area contributed by atoms with Gasteiger partial charge in [-0.05, 0) is 11.6 Å². The highest BCUT2D eigenvalue weighted by Crippen LogP contribution is 2.38. The molecule has 0 unspecified atom stereocenters. The summed E-state index contributed by atoms with van der Waals surface area (Å²) >= 11 is 6.03. The van der Waals surface area contributed by atoms with Crippen molar-refractivity contribution in [3.63, 3.8) is 0 Å². The number of rotatable bonds is 4. The lowest BCUT2D eigenvalue weighted by molar-refractivity contribution is 0.0687. The average Bonchev–Trinajstić information content (AvgIpc) is 2.56. The second-order valence-electron chi connectivity index (χ2n) is 4.86. The summed E-state index contributed by atoms with van der Waals surface area (Å²) in [7, 11) is 0. The molecule has 0 saturated heterocycles. The van der Waals surface area contributed by atoms with E-state index in [2.05, 4.69) is 4.98 Å². The molecule has 0 aliphatic heterocycles. The number of fused-ring (bicyclic) bond motifs is 1. The summed E-state index contributed by atoms with van der Waals surface area (Å²) in [6, 6.07) is 14.5. The molecule has 1 aromatic heterocycles. The summed E-state index contributed by atoms with van der Waals surface area (Å²) in [5, 5.41) is 20.0. The highest BCUT2D eigenvalue weighted by atomic mass is 35.5. The number of hydrogen-bond donors (Lipinski definition) is 2. The van der Waals surface area contributed by atoms with Crippen LogP contribution in [0.25, 0.3) is 10.8 Å². The third-order valence-corrected chi connectivity index (χ3v) is 3.65. The summed E-state index contributed by atoms with van der Waals surface area (Å²) in [6.45, 7) is 0.280. The lowest BCUT2D eigenvalue weighted by atomic mass is 10.1. The van der Waals surface area contributed by atoms with Crippen molar-refractivity contribution in [2.24, 2.45) is 0 Å². The highest BCUT2D eigenvalue weighted by molar-refractivity contribution is 6.35. The molecule has 23 heavy (non-hydrogen) atoms. The van der Waals surface area contributed by atoms with Crippen molar-refractivity contribution in [1.82, 2.24) is 4.98 Å². The number of pyridine rings is 1. The van der Waals surface area contributed by atoms with Crippen LogP contribution in [0.15, 0.2) is 48.5 Å². The van der Waals surface area contributed by atoms with Crippen LogP contribution in [-0.4, -0.2) is 21.2 Å². The largest absolute Gasteiger partial charge is 0.505 e. The molecule has 0 aliphatic rings. The van der Waals surface area contributed by atoms with Gasteiger partial charge in [-0.25, -0.2) is 9.78 Å². The Bertz CT molecular complexity index is 881. The lowest BCUT2D eigenvalue weighted by Gasteiger charge is -2.12. The summed E-state index contributed by atoms with van der Waals surface area (Å²) in [5.41, 5.74) is 0.445. The first-order chi connectivity index (χ1) is 11.1. The van der Waals surface area contributed by atoms with Gasteiger partial charge in [0.2, 0.25) is 0 Å². The number of carboxylic acids is 1. The first kappa shape index (κ1) is 15.1. The molecule has 0 aliphatic carbocycles. The number of halogens is 1. The topological polar surface area (TPSA) is 79.7 Å². The fourth-order valence-electron chi connectivity index (χ4n) is 2.28. The Kier molecular flexibility index (Phi) is 4.04. The molecule has 0 bridgehead atoms. The monoisotopic (exact) mass is 329 g/mol. The summed E-state index contributed by atoms with van der Waals surface area (Å²) in [5.74, 6) is -1.47. The van der Waals surface area contributed by atoms with Crippen LogP contribution in [0, 0.1) is 0 Å². The van der Waals surface area contributed by atoms with Gasteiger partial charge in [0.15, 0.2) is 11.4 Å². The molecule has 0 fully saturated rings. The maximum absolute atomic E-state index is 11.2. The number of carbonyl (C=O) groups is 1. The van der Waals surface area contributed by atoms with Crippen LogP contribution in [0.1, 0.15) is 16.1 Å². The number of carboxylic acid groups (broad SMARTS) is 1. The quantitative estimate of drug-likeness (QED) is 0.710. The van der Waals surface area contributed by atoms with Crippen molar-refractivity contribution in [2.45, 2.75) is 6.61 Å². The summed E-state index contributed by atoms with van der Waals surface area (Å²) in [6.07, 6.45) is 0. The van der Waals surface area contributed by atoms with Gasteiger partial charge in [-0.3, -0.25) is 0 Å². The normalized spacial score (nSPS) is 10.7. The van der Waals surface area contributed by atoms with Gasteiger partial charge in [-0.15, -0.1) is 0 Å². The minimum Gasteiger partial charge on any atom is -0.505 e. The highest BCUT2D eigenvalue weighted by Gasteiger charge is 2.20. The number of hydrogen-bond acceptors (Lipinski definition) is 4. The lowest BCUT2D eigenvalue weighted by Crippen LogP contribution is -2.03. The van der Waals surface area contributed by atoms with Gasteiger partial charge in [0.25, 0.3) is 0 Å². The van der Waals surface area contributed by atoms with Crippen LogP contribution in [0.3, 0.4) is 0 Å². The number of benzene rings is 2. The molecule has 3 rings (SSSR count). The van der Waals surface area contributed by atoms with Gasteiger partial charge in [0.05, 0.1) is 5.39 Å². The van der Waals surface area contributed by atoms with E-state index in [1.807, 2.05) is 30.3 Å². The van der Waals surface area contributed by atoms with Crippen LogP contribution < -0.4 is 4.74 Å². The first-order valence-electron chi connectivity index (χ1n) is 6.79. The average molecular weight is 330 g/mol. The molecule has 2 aromatic carbocycles. The fraction of sp³-hybridized carbons (Fsp3) is 0.0588. The Hall–Kier alpha value is -2.79. The minimum atomic E-state index is -1.36. The number of aromatic nitrogens is 1. The third-order valence-electron chi connectivity index (χ3n) is 3.36. The van der Waals surface area contributed by atoms with Gasteiger partial charge in [0.1, 0.15) is 17.5 Å². The fourth-order valence-corrected chi connectivity index (χ4v) is 2.52. The number of ether oxygens (including phenoxy) is 1. The van der Waals surface area contributed by atoms with Crippen molar-refractivity contribution >= 4 is 28.3 Å². The summed E-state index contributed by atoms with van der Waals surface area (Å²) < 4.78 is 5.74. The minimum absolute atomic E-state index is 0.000334. The van der Waals surface area contributed by atoms with E-state index in [1.165, 1.54) is 0 Å². The molecule has 0 atom stereocenters. The molecule has 2 N–H and O–H groups in total. The van der Waals surface area contributed by atoms with Crippen molar-refractivity contribution in [1.29, 1.82) is 0 Å². The molecule has 0 saturated carbocycles. The van der Waals surface area contributed by atoms with E-state index in [4.69, 9.17) is 21.4 Å². The molecule has 0 radical (unpaired) electrons. The van der Waals surface area contributed by atoms with Gasteiger partial charge in [0, 0.05) is 5.39 Å². The molecule has 1 heterocycles. The SMILES string of the molecule is O=C(O)c1nc(Cl)c2cccc(OCc3ccccc3)c2c1O. The Morgan fingerprint density at radius 2 is 1.87 bits per heavy atom. The molecular weight excluding hydrogens is 318 g/mol. The molecule has 0 amide bonds. The van der Waals surface area contributed by atoms with Gasteiger partial charge >= 0.3 is 5.97 Å². The van der Waals surface area contributed by atoms with Gasteiger partial charge in [-0.1, -0.05) is 54.1 Å². The Labute approximate surface area is 136 Å². The Balaban J connectivity index is 2.08. The van der Waals surface area contributed by atoms with E-state index < -0.39 is 17.4 Å². The Morgan fingerprint density at radius 1 is 1.13 bits per heavy atom. The van der Waals surface area contributed by atoms with Crippen molar-refractivity contribution in [3.05, 3.63) is 64.9 Å². The predicted octanol–water partition coefficient (Wildman–Crippen LogP) is 3.87. The Morgan fingerprint density at radius 3 is 2.57 bits per heavy atom. The standard InChI is InChI=1S/C17H12ClNO4/c18-16-11-7-4-8-12(23-9-10-5-2-1-3-6-10)13(11)15(20)14(19-16)17(21)22/h1-8,20H,9H2,(H,21,22). The van der Waals surface area contributed by atoms with E-state index in [0.29, 0.717) is 11.1 Å². The smallest absolute Gasteiger partial charge is 0.358 e.